The molecule has 0 saturated carbocycles. The third kappa shape index (κ3) is 3.01. The van der Waals surface area contributed by atoms with Crippen LogP contribution >= 0.6 is 0 Å². The van der Waals surface area contributed by atoms with Crippen LogP contribution in [0.4, 0.5) is 0 Å². The fourth-order valence-corrected chi connectivity index (χ4v) is 2.19. The van der Waals surface area contributed by atoms with Gasteiger partial charge >= 0.3 is 0 Å². The summed E-state index contributed by atoms with van der Waals surface area (Å²) in [6, 6.07) is 0.296. The molecule has 1 fully saturated rings. The van der Waals surface area contributed by atoms with Crippen LogP contribution in [-0.4, -0.2) is 49.8 Å². The predicted octanol–water partition coefficient (Wildman–Crippen LogP) is -0.307. The topological polar surface area (TPSA) is 64.5 Å². The summed E-state index contributed by atoms with van der Waals surface area (Å²) in [7, 11) is 0. The number of nitrogens with two attached hydrogens (primary N) is 2. The molecule has 0 radical (unpaired) electrons. The summed E-state index contributed by atoms with van der Waals surface area (Å²) in [5, 5.41) is 0. The molecular weight excluding hydrogens is 190 g/mol. The molecule has 1 heterocycles. The molecule has 0 aromatic rings. The SMILES string of the molecule is NC1CC=C(CN2CCOCC2)CC1N. The summed E-state index contributed by atoms with van der Waals surface area (Å²) in [5.74, 6) is 0. The van der Waals surface area contributed by atoms with Gasteiger partial charge in [0.25, 0.3) is 0 Å². The molecule has 2 aliphatic rings. The number of nitrogens with zero attached hydrogens (tertiary/aromatic N) is 1. The molecule has 1 saturated heterocycles. The molecule has 0 amide bonds. The summed E-state index contributed by atoms with van der Waals surface area (Å²) in [6.45, 7) is 4.85. The molecular formula is C11H21N3O. The van der Waals surface area contributed by atoms with E-state index in [0.717, 1.165) is 45.7 Å². The van der Waals surface area contributed by atoms with Gasteiger partial charge in [0.2, 0.25) is 0 Å². The molecule has 1 aliphatic heterocycles. The molecule has 4 heteroatoms. The van der Waals surface area contributed by atoms with Gasteiger partial charge in [-0.15, -0.1) is 0 Å². The van der Waals surface area contributed by atoms with Crippen LogP contribution in [0.3, 0.4) is 0 Å². The maximum absolute atomic E-state index is 5.96. The number of morpholine rings is 1. The number of hydrogen-bond donors (Lipinski definition) is 2. The quantitative estimate of drug-likeness (QED) is 0.615. The first kappa shape index (κ1) is 11.1. The summed E-state index contributed by atoms with van der Waals surface area (Å²) < 4.78 is 5.32. The first-order chi connectivity index (χ1) is 7.25. The Kier molecular flexibility index (Phi) is 3.75. The van der Waals surface area contributed by atoms with Gasteiger partial charge in [0, 0.05) is 31.7 Å². The van der Waals surface area contributed by atoms with Crippen molar-refractivity contribution in [2.24, 2.45) is 11.5 Å². The van der Waals surface area contributed by atoms with Crippen LogP contribution in [0.2, 0.25) is 0 Å². The molecule has 2 atom stereocenters. The van der Waals surface area contributed by atoms with E-state index in [9.17, 15) is 0 Å². The average Bonchev–Trinajstić information content (AvgIpc) is 2.25. The van der Waals surface area contributed by atoms with Crippen LogP contribution in [-0.2, 0) is 4.74 Å². The summed E-state index contributed by atoms with van der Waals surface area (Å²) >= 11 is 0. The van der Waals surface area contributed by atoms with Gasteiger partial charge in [0.1, 0.15) is 0 Å². The van der Waals surface area contributed by atoms with Gasteiger partial charge in [-0.2, -0.15) is 0 Å². The lowest BCUT2D eigenvalue weighted by atomic mass is 9.91. The minimum absolute atomic E-state index is 0.144. The first-order valence-electron chi connectivity index (χ1n) is 5.75. The van der Waals surface area contributed by atoms with Crippen molar-refractivity contribution in [2.45, 2.75) is 24.9 Å². The Bertz CT molecular complexity index is 236. The number of rotatable bonds is 2. The van der Waals surface area contributed by atoms with Gasteiger partial charge in [0.15, 0.2) is 0 Å². The van der Waals surface area contributed by atoms with Gasteiger partial charge in [-0.25, -0.2) is 0 Å². The normalized spacial score (nSPS) is 33.9. The Hall–Kier alpha value is -0.420. The second kappa shape index (κ2) is 5.07. The molecule has 4 N–H and O–H groups in total. The standard InChI is InChI=1S/C11H21N3O/c12-10-2-1-9(7-11(10)13)8-14-3-5-15-6-4-14/h1,10-11H,2-8,12-13H2. The molecule has 4 nitrogen and oxygen atoms in total. The minimum atomic E-state index is 0.144. The Morgan fingerprint density at radius 2 is 2.00 bits per heavy atom. The smallest absolute Gasteiger partial charge is 0.0594 e. The molecule has 86 valence electrons. The lowest BCUT2D eigenvalue weighted by molar-refractivity contribution is 0.0417. The van der Waals surface area contributed by atoms with Crippen LogP contribution in [0.5, 0.6) is 0 Å². The highest BCUT2D eigenvalue weighted by molar-refractivity contribution is 5.13. The summed E-state index contributed by atoms with van der Waals surface area (Å²) in [5.41, 5.74) is 13.3. The molecule has 0 aromatic carbocycles. The first-order valence-corrected chi connectivity index (χ1v) is 5.75. The van der Waals surface area contributed by atoms with Crippen LogP contribution in [0.25, 0.3) is 0 Å². The van der Waals surface area contributed by atoms with Gasteiger partial charge in [0.05, 0.1) is 13.2 Å². The molecule has 0 aromatic heterocycles. The lowest BCUT2D eigenvalue weighted by Crippen LogP contribution is -2.45. The fraction of sp³-hybridized carbons (Fsp3) is 0.818. The third-order valence-electron chi connectivity index (χ3n) is 3.26. The van der Waals surface area contributed by atoms with E-state index in [1.54, 1.807) is 0 Å². The monoisotopic (exact) mass is 211 g/mol. The minimum Gasteiger partial charge on any atom is -0.379 e. The second-order valence-electron chi connectivity index (χ2n) is 4.52. The highest BCUT2D eigenvalue weighted by Gasteiger charge is 2.21. The Balaban J connectivity index is 1.83. The highest BCUT2D eigenvalue weighted by Crippen LogP contribution is 2.17. The largest absolute Gasteiger partial charge is 0.379 e. The van der Waals surface area contributed by atoms with E-state index in [4.69, 9.17) is 16.2 Å². The zero-order valence-electron chi connectivity index (χ0n) is 9.19. The van der Waals surface area contributed by atoms with E-state index in [-0.39, 0.29) is 12.1 Å². The van der Waals surface area contributed by atoms with Crippen LogP contribution < -0.4 is 11.5 Å². The van der Waals surface area contributed by atoms with Gasteiger partial charge in [-0.05, 0) is 12.8 Å². The molecule has 0 spiro atoms. The van der Waals surface area contributed by atoms with Crippen molar-refractivity contribution in [3.63, 3.8) is 0 Å². The van der Waals surface area contributed by atoms with E-state index in [1.807, 2.05) is 0 Å². The molecule has 2 unspecified atom stereocenters. The van der Waals surface area contributed by atoms with E-state index in [0.29, 0.717) is 0 Å². The zero-order valence-corrected chi connectivity index (χ0v) is 9.19. The maximum atomic E-state index is 5.96. The Morgan fingerprint density at radius 3 is 2.67 bits per heavy atom. The van der Waals surface area contributed by atoms with Crippen molar-refractivity contribution in [3.8, 4) is 0 Å². The molecule has 1 aliphatic carbocycles. The van der Waals surface area contributed by atoms with Crippen molar-refractivity contribution in [2.75, 3.05) is 32.8 Å². The third-order valence-corrected chi connectivity index (χ3v) is 3.26. The van der Waals surface area contributed by atoms with Crippen molar-refractivity contribution in [1.29, 1.82) is 0 Å². The number of ether oxygens (including phenoxy) is 1. The molecule has 0 bridgehead atoms. The predicted molar refractivity (Wildman–Crippen MR) is 60.5 cm³/mol. The summed E-state index contributed by atoms with van der Waals surface area (Å²) in [6.07, 6.45) is 4.16. The van der Waals surface area contributed by atoms with Gasteiger partial charge in [-0.3, -0.25) is 4.90 Å². The van der Waals surface area contributed by atoms with E-state index >= 15 is 0 Å². The van der Waals surface area contributed by atoms with Crippen molar-refractivity contribution < 1.29 is 4.74 Å². The van der Waals surface area contributed by atoms with E-state index in [1.165, 1.54) is 5.57 Å². The second-order valence-corrected chi connectivity index (χ2v) is 4.52. The van der Waals surface area contributed by atoms with Crippen molar-refractivity contribution in [1.82, 2.24) is 4.90 Å². The summed E-state index contributed by atoms with van der Waals surface area (Å²) in [4.78, 5) is 2.43. The van der Waals surface area contributed by atoms with Gasteiger partial charge in [-0.1, -0.05) is 11.6 Å². The van der Waals surface area contributed by atoms with E-state index in [2.05, 4.69) is 11.0 Å². The van der Waals surface area contributed by atoms with Crippen LogP contribution in [0.15, 0.2) is 11.6 Å². The number of hydrogen-bond acceptors (Lipinski definition) is 4. The maximum Gasteiger partial charge on any atom is 0.0594 e. The highest BCUT2D eigenvalue weighted by atomic mass is 16.5. The van der Waals surface area contributed by atoms with Crippen molar-refractivity contribution >= 4 is 0 Å². The fourth-order valence-electron chi connectivity index (χ4n) is 2.19. The molecule has 2 rings (SSSR count). The van der Waals surface area contributed by atoms with Crippen LogP contribution in [0, 0.1) is 0 Å². The lowest BCUT2D eigenvalue weighted by Gasteiger charge is -2.31. The zero-order chi connectivity index (χ0) is 10.7. The Labute approximate surface area is 91.2 Å². The molecule has 15 heavy (non-hydrogen) atoms. The van der Waals surface area contributed by atoms with Crippen LogP contribution in [0.1, 0.15) is 12.8 Å². The van der Waals surface area contributed by atoms with Crippen molar-refractivity contribution in [3.05, 3.63) is 11.6 Å². The average molecular weight is 211 g/mol. The van der Waals surface area contributed by atoms with Gasteiger partial charge < -0.3 is 16.2 Å². The Morgan fingerprint density at radius 1 is 1.27 bits per heavy atom. The van der Waals surface area contributed by atoms with E-state index < -0.39 is 0 Å².